The molecule has 0 aliphatic carbocycles. The highest BCUT2D eigenvalue weighted by Crippen LogP contribution is 2.50. The number of esters is 1. The van der Waals surface area contributed by atoms with Crippen LogP contribution in [0.25, 0.3) is 0 Å². The maximum atomic E-state index is 12.0. The first-order valence-corrected chi connectivity index (χ1v) is 9.89. The van der Waals surface area contributed by atoms with Crippen molar-refractivity contribution in [3.05, 3.63) is 71.3 Å². The van der Waals surface area contributed by atoms with E-state index in [2.05, 4.69) is 53.4 Å². The average Bonchev–Trinajstić information content (AvgIpc) is 2.98. The van der Waals surface area contributed by atoms with Crippen LogP contribution in [-0.2, 0) is 26.4 Å². The summed E-state index contributed by atoms with van der Waals surface area (Å²) in [4.78, 5) is 14.5. The van der Waals surface area contributed by atoms with Gasteiger partial charge in [0.2, 0.25) is 0 Å². The van der Waals surface area contributed by atoms with Crippen molar-refractivity contribution in [2.45, 2.75) is 44.4 Å². The number of likely N-dealkylation sites (tertiary alicyclic amines) is 1. The predicted molar refractivity (Wildman–Crippen MR) is 104 cm³/mol. The Kier molecular flexibility index (Phi) is 5.28. The molecule has 4 heteroatoms. The normalized spacial score (nSPS) is 21.1. The summed E-state index contributed by atoms with van der Waals surface area (Å²) < 4.78 is 11.7. The summed E-state index contributed by atoms with van der Waals surface area (Å²) in [5.74, 6) is -0.184. The number of piperidine rings is 1. The van der Waals surface area contributed by atoms with E-state index in [0.717, 1.165) is 38.0 Å². The van der Waals surface area contributed by atoms with Gasteiger partial charge in [-0.05, 0) is 36.5 Å². The molecule has 1 spiro atoms. The van der Waals surface area contributed by atoms with Crippen molar-refractivity contribution in [3.8, 4) is 0 Å². The lowest BCUT2D eigenvalue weighted by Crippen LogP contribution is -2.42. The lowest BCUT2D eigenvalue weighted by atomic mass is 9.83. The first-order valence-electron chi connectivity index (χ1n) is 9.89. The lowest BCUT2D eigenvalue weighted by molar-refractivity contribution is -0.153. The Morgan fingerprint density at radius 2 is 1.81 bits per heavy atom. The molecule has 27 heavy (non-hydrogen) atoms. The number of nitrogens with zero attached hydrogens (tertiary/aromatic N) is 1. The molecule has 142 valence electrons. The van der Waals surface area contributed by atoms with Gasteiger partial charge < -0.3 is 9.47 Å². The summed E-state index contributed by atoms with van der Waals surface area (Å²) in [7, 11) is 0. The fourth-order valence-corrected chi connectivity index (χ4v) is 4.42. The summed E-state index contributed by atoms with van der Waals surface area (Å²) in [5.41, 5.74) is 3.50. The molecule has 2 aromatic rings. The number of rotatable bonds is 5. The number of benzene rings is 2. The molecule has 0 amide bonds. The summed E-state index contributed by atoms with van der Waals surface area (Å²) >= 11 is 0. The van der Waals surface area contributed by atoms with Gasteiger partial charge in [-0.2, -0.15) is 0 Å². The van der Waals surface area contributed by atoms with Crippen LogP contribution in [0.4, 0.5) is 0 Å². The standard InChI is InChI=1S/C23H27NO3/c1-2-26-22(25)16-21-19-10-6-7-11-20(19)23(27-21)12-14-24(15-13-23)17-18-8-4-3-5-9-18/h3-11,21H,2,12-17H2,1H3/t21-/m1/s1. The number of fused-ring (bicyclic) bond motifs is 2. The monoisotopic (exact) mass is 365 g/mol. The summed E-state index contributed by atoms with van der Waals surface area (Å²) in [5, 5.41) is 0. The zero-order valence-corrected chi connectivity index (χ0v) is 15.9. The van der Waals surface area contributed by atoms with Crippen molar-refractivity contribution >= 4 is 5.97 Å². The highest BCUT2D eigenvalue weighted by atomic mass is 16.5. The zero-order valence-electron chi connectivity index (χ0n) is 15.9. The Bertz CT molecular complexity index is 781. The second kappa shape index (κ2) is 7.83. The van der Waals surface area contributed by atoms with E-state index in [9.17, 15) is 4.79 Å². The molecule has 0 saturated carbocycles. The smallest absolute Gasteiger partial charge is 0.308 e. The Labute approximate surface area is 161 Å². The fraction of sp³-hybridized carbons (Fsp3) is 0.435. The minimum atomic E-state index is -0.263. The maximum Gasteiger partial charge on any atom is 0.308 e. The van der Waals surface area contributed by atoms with E-state index in [1.54, 1.807) is 0 Å². The van der Waals surface area contributed by atoms with Gasteiger partial charge in [-0.1, -0.05) is 54.6 Å². The fourth-order valence-electron chi connectivity index (χ4n) is 4.42. The number of ether oxygens (including phenoxy) is 2. The van der Waals surface area contributed by atoms with Gasteiger partial charge in [0.1, 0.15) is 0 Å². The van der Waals surface area contributed by atoms with Crippen LogP contribution >= 0.6 is 0 Å². The number of hydrogen-bond acceptors (Lipinski definition) is 4. The molecule has 2 aliphatic heterocycles. The zero-order chi connectivity index (χ0) is 18.7. The Balaban J connectivity index is 1.47. The van der Waals surface area contributed by atoms with Gasteiger partial charge >= 0.3 is 5.97 Å². The van der Waals surface area contributed by atoms with Crippen molar-refractivity contribution < 1.29 is 14.3 Å². The molecule has 4 rings (SSSR count). The van der Waals surface area contributed by atoms with Crippen molar-refractivity contribution in [3.63, 3.8) is 0 Å². The molecule has 2 aliphatic rings. The third-order valence-electron chi connectivity index (χ3n) is 5.74. The van der Waals surface area contributed by atoms with Crippen molar-refractivity contribution in [2.24, 2.45) is 0 Å². The summed E-state index contributed by atoms with van der Waals surface area (Å²) in [6.45, 7) is 5.22. The van der Waals surface area contributed by atoms with Crippen LogP contribution in [0.15, 0.2) is 54.6 Å². The SMILES string of the molecule is CCOC(=O)C[C@H]1OC2(CCN(Cc3ccccc3)CC2)c2ccccc21. The average molecular weight is 365 g/mol. The van der Waals surface area contributed by atoms with Crippen molar-refractivity contribution in [1.29, 1.82) is 0 Å². The second-order valence-electron chi connectivity index (χ2n) is 7.46. The van der Waals surface area contributed by atoms with Crippen LogP contribution in [0, 0.1) is 0 Å². The van der Waals surface area contributed by atoms with Gasteiger partial charge in [0.05, 0.1) is 24.7 Å². The number of carbonyl (C=O) groups excluding carboxylic acids is 1. The van der Waals surface area contributed by atoms with Gasteiger partial charge in [-0.3, -0.25) is 9.69 Å². The molecule has 0 radical (unpaired) electrons. The van der Waals surface area contributed by atoms with Crippen LogP contribution in [0.1, 0.15) is 49.0 Å². The summed E-state index contributed by atoms with van der Waals surface area (Å²) in [6.07, 6.45) is 2.01. The van der Waals surface area contributed by atoms with E-state index < -0.39 is 0 Å². The molecule has 1 atom stereocenters. The minimum absolute atomic E-state index is 0.184. The Hall–Kier alpha value is -2.17. The molecule has 1 saturated heterocycles. The van der Waals surface area contributed by atoms with E-state index in [0.29, 0.717) is 13.0 Å². The Morgan fingerprint density at radius 3 is 2.56 bits per heavy atom. The quantitative estimate of drug-likeness (QED) is 0.745. The first-order chi connectivity index (χ1) is 13.2. The molecular formula is C23H27NO3. The van der Waals surface area contributed by atoms with Crippen LogP contribution in [-0.4, -0.2) is 30.6 Å². The predicted octanol–water partition coefficient (Wildman–Crippen LogP) is 4.20. The molecule has 2 aromatic carbocycles. The van der Waals surface area contributed by atoms with Gasteiger partial charge in [-0.15, -0.1) is 0 Å². The second-order valence-corrected chi connectivity index (χ2v) is 7.46. The van der Waals surface area contributed by atoms with E-state index in [-0.39, 0.29) is 17.7 Å². The van der Waals surface area contributed by atoms with Gasteiger partial charge in [0.25, 0.3) is 0 Å². The maximum absolute atomic E-state index is 12.0. The van der Waals surface area contributed by atoms with Crippen molar-refractivity contribution in [1.82, 2.24) is 4.90 Å². The van der Waals surface area contributed by atoms with Crippen LogP contribution in [0.3, 0.4) is 0 Å². The van der Waals surface area contributed by atoms with Gasteiger partial charge in [0, 0.05) is 19.6 Å². The van der Waals surface area contributed by atoms with Crippen LogP contribution < -0.4 is 0 Å². The third kappa shape index (κ3) is 3.78. The summed E-state index contributed by atoms with van der Waals surface area (Å²) in [6, 6.07) is 19.0. The third-order valence-corrected chi connectivity index (χ3v) is 5.74. The molecule has 0 aromatic heterocycles. The number of carbonyl (C=O) groups is 1. The first kappa shape index (κ1) is 18.2. The molecule has 0 bridgehead atoms. The highest BCUT2D eigenvalue weighted by molar-refractivity contribution is 5.70. The van der Waals surface area contributed by atoms with E-state index in [1.807, 2.05) is 13.0 Å². The topological polar surface area (TPSA) is 38.8 Å². The number of hydrogen-bond donors (Lipinski definition) is 0. The van der Waals surface area contributed by atoms with Crippen LogP contribution in [0.5, 0.6) is 0 Å². The largest absolute Gasteiger partial charge is 0.466 e. The molecule has 4 nitrogen and oxygen atoms in total. The molecular weight excluding hydrogens is 338 g/mol. The van der Waals surface area contributed by atoms with E-state index in [4.69, 9.17) is 9.47 Å². The van der Waals surface area contributed by atoms with Crippen LogP contribution in [0.2, 0.25) is 0 Å². The Morgan fingerprint density at radius 1 is 1.11 bits per heavy atom. The molecule has 1 fully saturated rings. The van der Waals surface area contributed by atoms with E-state index >= 15 is 0 Å². The van der Waals surface area contributed by atoms with Crippen molar-refractivity contribution in [2.75, 3.05) is 19.7 Å². The molecule has 2 heterocycles. The van der Waals surface area contributed by atoms with E-state index in [1.165, 1.54) is 11.1 Å². The van der Waals surface area contributed by atoms with Gasteiger partial charge in [0.15, 0.2) is 0 Å². The lowest BCUT2D eigenvalue weighted by Gasteiger charge is -2.39. The van der Waals surface area contributed by atoms with Gasteiger partial charge in [-0.25, -0.2) is 0 Å². The highest BCUT2D eigenvalue weighted by Gasteiger charge is 2.46. The molecule has 0 N–H and O–H groups in total. The molecule has 0 unspecified atom stereocenters. The minimum Gasteiger partial charge on any atom is -0.466 e.